The van der Waals surface area contributed by atoms with Gasteiger partial charge in [0.15, 0.2) is 15.8 Å². The SMILES string of the molecule is CCCOc1c(Br)cc(/C=C2\SC(=S)N(n3c(C)ccc3C)C2=O)cc1OCC. The van der Waals surface area contributed by atoms with Gasteiger partial charge in [-0.05, 0) is 91.2 Å². The molecule has 0 aliphatic carbocycles. The Labute approximate surface area is 189 Å². The molecule has 0 radical (unpaired) electrons. The maximum Gasteiger partial charge on any atom is 0.285 e. The smallest absolute Gasteiger partial charge is 0.285 e. The van der Waals surface area contributed by atoms with Gasteiger partial charge in [-0.15, -0.1) is 0 Å². The van der Waals surface area contributed by atoms with Crippen LogP contribution in [0.4, 0.5) is 0 Å². The number of halogens is 1. The molecule has 0 bridgehead atoms. The Morgan fingerprint density at radius 3 is 2.48 bits per heavy atom. The summed E-state index contributed by atoms with van der Waals surface area (Å²) in [6.07, 6.45) is 2.74. The standard InChI is InChI=1S/C21H23BrN2O3S2/c1-5-9-27-19-16(22)10-15(11-17(19)26-6-2)12-18-20(25)24(21(28)29-18)23-13(3)7-8-14(23)4/h7-8,10-12H,5-6,9H2,1-4H3/b18-12-. The highest BCUT2D eigenvalue weighted by Gasteiger charge is 2.34. The van der Waals surface area contributed by atoms with Crippen molar-refractivity contribution in [2.24, 2.45) is 0 Å². The molecule has 1 fully saturated rings. The molecule has 0 unspecified atom stereocenters. The van der Waals surface area contributed by atoms with E-state index in [9.17, 15) is 4.79 Å². The highest BCUT2D eigenvalue weighted by Crippen LogP contribution is 2.39. The van der Waals surface area contributed by atoms with Crippen molar-refractivity contribution in [3.63, 3.8) is 0 Å². The highest BCUT2D eigenvalue weighted by molar-refractivity contribution is 9.10. The monoisotopic (exact) mass is 494 g/mol. The van der Waals surface area contributed by atoms with Gasteiger partial charge < -0.3 is 9.47 Å². The van der Waals surface area contributed by atoms with E-state index in [1.165, 1.54) is 11.8 Å². The molecule has 2 aromatic rings. The van der Waals surface area contributed by atoms with Gasteiger partial charge in [0.1, 0.15) is 0 Å². The fourth-order valence-corrected chi connectivity index (χ4v) is 4.85. The highest BCUT2D eigenvalue weighted by atomic mass is 79.9. The van der Waals surface area contributed by atoms with Crippen LogP contribution in [-0.2, 0) is 4.79 Å². The molecule has 1 amide bonds. The van der Waals surface area contributed by atoms with E-state index in [-0.39, 0.29) is 5.91 Å². The molecule has 5 nitrogen and oxygen atoms in total. The summed E-state index contributed by atoms with van der Waals surface area (Å²) in [5.41, 5.74) is 2.75. The van der Waals surface area contributed by atoms with Crippen molar-refractivity contribution in [1.82, 2.24) is 4.68 Å². The zero-order valence-electron chi connectivity index (χ0n) is 16.8. The molecule has 1 aliphatic heterocycles. The molecule has 1 aromatic carbocycles. The van der Waals surface area contributed by atoms with Crippen LogP contribution in [0.3, 0.4) is 0 Å². The molecule has 2 heterocycles. The van der Waals surface area contributed by atoms with Gasteiger partial charge in [0.25, 0.3) is 5.91 Å². The Kier molecular flexibility index (Phi) is 7.08. The van der Waals surface area contributed by atoms with Gasteiger partial charge in [0.2, 0.25) is 0 Å². The minimum atomic E-state index is -0.136. The number of aryl methyl sites for hydroxylation is 2. The van der Waals surface area contributed by atoms with Crippen molar-refractivity contribution in [2.75, 3.05) is 18.2 Å². The third-order valence-corrected chi connectivity index (χ3v) is 6.16. The molecule has 1 saturated heterocycles. The molecule has 0 saturated carbocycles. The first-order valence-electron chi connectivity index (χ1n) is 9.39. The second kappa shape index (κ2) is 9.36. The molecule has 3 rings (SSSR count). The lowest BCUT2D eigenvalue weighted by Gasteiger charge is -2.20. The predicted molar refractivity (Wildman–Crippen MR) is 126 cm³/mol. The van der Waals surface area contributed by atoms with Gasteiger partial charge in [0.05, 0.1) is 22.6 Å². The van der Waals surface area contributed by atoms with E-state index < -0.39 is 0 Å². The first-order valence-corrected chi connectivity index (χ1v) is 11.4. The van der Waals surface area contributed by atoms with E-state index in [1.807, 2.05) is 55.8 Å². The third kappa shape index (κ3) is 4.54. The number of thiocarbonyl (C=S) groups is 1. The number of ether oxygens (including phenoxy) is 2. The Morgan fingerprint density at radius 1 is 1.17 bits per heavy atom. The Balaban J connectivity index is 1.96. The summed E-state index contributed by atoms with van der Waals surface area (Å²) < 4.78 is 14.7. The zero-order valence-corrected chi connectivity index (χ0v) is 20.0. The summed E-state index contributed by atoms with van der Waals surface area (Å²) in [4.78, 5) is 13.7. The molecular weight excluding hydrogens is 472 g/mol. The van der Waals surface area contributed by atoms with Crippen molar-refractivity contribution >= 4 is 56.2 Å². The number of carbonyl (C=O) groups is 1. The van der Waals surface area contributed by atoms with Gasteiger partial charge in [0, 0.05) is 11.4 Å². The number of rotatable bonds is 7. The number of thioether (sulfide) groups is 1. The molecule has 0 atom stereocenters. The Morgan fingerprint density at radius 2 is 1.86 bits per heavy atom. The van der Waals surface area contributed by atoms with Crippen LogP contribution in [-0.4, -0.2) is 28.1 Å². The quantitative estimate of drug-likeness (QED) is 0.370. The maximum absolute atomic E-state index is 13.1. The molecular formula is C21H23BrN2O3S2. The van der Waals surface area contributed by atoms with Crippen molar-refractivity contribution in [3.8, 4) is 11.5 Å². The summed E-state index contributed by atoms with van der Waals surface area (Å²) in [6, 6.07) is 7.75. The van der Waals surface area contributed by atoms with Gasteiger partial charge in [-0.2, -0.15) is 5.01 Å². The Bertz CT molecular complexity index is 965. The van der Waals surface area contributed by atoms with E-state index in [0.717, 1.165) is 27.8 Å². The van der Waals surface area contributed by atoms with Crippen LogP contribution in [0.5, 0.6) is 11.5 Å². The second-order valence-electron chi connectivity index (χ2n) is 6.53. The molecule has 8 heteroatoms. The van der Waals surface area contributed by atoms with Crippen LogP contribution in [0.15, 0.2) is 33.6 Å². The topological polar surface area (TPSA) is 43.7 Å². The lowest BCUT2D eigenvalue weighted by atomic mass is 10.2. The minimum Gasteiger partial charge on any atom is -0.490 e. The normalized spacial score (nSPS) is 15.5. The van der Waals surface area contributed by atoms with Crippen molar-refractivity contribution in [3.05, 3.63) is 50.6 Å². The summed E-state index contributed by atoms with van der Waals surface area (Å²) in [5, 5.41) is 1.55. The second-order valence-corrected chi connectivity index (χ2v) is 9.06. The van der Waals surface area contributed by atoms with Crippen LogP contribution < -0.4 is 14.5 Å². The van der Waals surface area contributed by atoms with E-state index in [4.69, 9.17) is 21.7 Å². The fourth-order valence-electron chi connectivity index (χ4n) is 3.04. The minimum absolute atomic E-state index is 0.136. The average Bonchev–Trinajstić information content (AvgIpc) is 3.13. The fraction of sp³-hybridized carbons (Fsp3) is 0.333. The molecule has 29 heavy (non-hydrogen) atoms. The Hall–Kier alpha value is -1.77. The van der Waals surface area contributed by atoms with Crippen LogP contribution >= 0.6 is 39.9 Å². The van der Waals surface area contributed by atoms with Gasteiger partial charge in [-0.1, -0.05) is 18.7 Å². The van der Waals surface area contributed by atoms with Crippen LogP contribution in [0, 0.1) is 13.8 Å². The van der Waals surface area contributed by atoms with E-state index in [1.54, 1.807) is 5.01 Å². The summed E-state index contributed by atoms with van der Waals surface area (Å²) in [6.45, 7) is 9.01. The molecule has 0 N–H and O–H groups in total. The van der Waals surface area contributed by atoms with Gasteiger partial charge >= 0.3 is 0 Å². The van der Waals surface area contributed by atoms with Crippen LogP contribution in [0.1, 0.15) is 37.2 Å². The van der Waals surface area contributed by atoms with Crippen molar-refractivity contribution < 1.29 is 14.3 Å². The number of hydrogen-bond donors (Lipinski definition) is 0. The van der Waals surface area contributed by atoms with Crippen molar-refractivity contribution in [1.29, 1.82) is 0 Å². The third-order valence-electron chi connectivity index (χ3n) is 4.29. The number of amides is 1. The van der Waals surface area contributed by atoms with Gasteiger partial charge in [-0.3, -0.25) is 9.47 Å². The summed E-state index contributed by atoms with van der Waals surface area (Å²) in [5.74, 6) is 1.19. The molecule has 1 aliphatic rings. The number of nitrogens with zero attached hydrogens (tertiary/aromatic N) is 2. The van der Waals surface area contributed by atoms with Crippen LogP contribution in [0.25, 0.3) is 6.08 Å². The lowest BCUT2D eigenvalue weighted by Crippen LogP contribution is -2.39. The maximum atomic E-state index is 13.1. The first-order chi connectivity index (χ1) is 13.9. The first kappa shape index (κ1) is 21.9. The number of benzene rings is 1. The molecule has 0 spiro atoms. The average molecular weight is 495 g/mol. The number of aromatic nitrogens is 1. The lowest BCUT2D eigenvalue weighted by molar-refractivity contribution is -0.114. The molecule has 154 valence electrons. The van der Waals surface area contributed by atoms with Gasteiger partial charge in [-0.25, -0.2) is 0 Å². The van der Waals surface area contributed by atoms with E-state index in [2.05, 4.69) is 22.9 Å². The predicted octanol–water partition coefficient (Wildman–Crippen LogP) is 5.59. The van der Waals surface area contributed by atoms with E-state index >= 15 is 0 Å². The van der Waals surface area contributed by atoms with Crippen molar-refractivity contribution in [2.45, 2.75) is 34.1 Å². The zero-order chi connectivity index (χ0) is 21.1. The summed E-state index contributed by atoms with van der Waals surface area (Å²) >= 11 is 10.4. The number of hydrogen-bond acceptors (Lipinski definition) is 5. The van der Waals surface area contributed by atoms with Crippen LogP contribution in [0.2, 0.25) is 0 Å². The van der Waals surface area contributed by atoms with E-state index in [0.29, 0.717) is 33.9 Å². The summed E-state index contributed by atoms with van der Waals surface area (Å²) in [7, 11) is 0. The number of carbonyl (C=O) groups excluding carboxylic acids is 1. The molecule has 1 aromatic heterocycles. The largest absolute Gasteiger partial charge is 0.490 e.